The summed E-state index contributed by atoms with van der Waals surface area (Å²) in [6.45, 7) is 0.882. The first-order valence-corrected chi connectivity index (χ1v) is 10.7. The summed E-state index contributed by atoms with van der Waals surface area (Å²) in [6, 6.07) is 13.0. The Labute approximate surface area is 194 Å². The molecule has 164 valence electrons. The number of imidazole rings is 1. The van der Waals surface area contributed by atoms with E-state index in [1.807, 2.05) is 35.0 Å². The lowest BCUT2D eigenvalue weighted by atomic mass is 10.1. The minimum Gasteiger partial charge on any atom is -0.489 e. The highest BCUT2D eigenvalue weighted by Crippen LogP contribution is 2.40. The molecule has 0 bridgehead atoms. The smallest absolute Gasteiger partial charge is 0.217 e. The van der Waals surface area contributed by atoms with E-state index >= 15 is 0 Å². The van der Waals surface area contributed by atoms with E-state index < -0.39 is 5.79 Å². The number of para-hydroxylation sites is 2. The van der Waals surface area contributed by atoms with Gasteiger partial charge in [-0.05, 0) is 24.3 Å². The second kappa shape index (κ2) is 8.91. The van der Waals surface area contributed by atoms with Crippen LogP contribution in [0.1, 0.15) is 5.56 Å². The molecule has 2 aromatic heterocycles. The number of benzene rings is 2. The van der Waals surface area contributed by atoms with E-state index in [4.69, 9.17) is 37.4 Å². The van der Waals surface area contributed by atoms with Gasteiger partial charge in [0.25, 0.3) is 0 Å². The van der Waals surface area contributed by atoms with Crippen molar-refractivity contribution in [3.05, 3.63) is 89.4 Å². The van der Waals surface area contributed by atoms with Gasteiger partial charge in [-0.1, -0.05) is 41.4 Å². The fourth-order valence-corrected chi connectivity index (χ4v) is 4.21. The van der Waals surface area contributed by atoms with Crippen molar-refractivity contribution in [2.24, 2.45) is 0 Å². The van der Waals surface area contributed by atoms with E-state index in [0.29, 0.717) is 28.0 Å². The lowest BCUT2D eigenvalue weighted by Crippen LogP contribution is -2.35. The molecule has 1 aliphatic rings. The normalized spacial score (nSPS) is 20.5. The van der Waals surface area contributed by atoms with E-state index in [-0.39, 0.29) is 19.3 Å². The first-order valence-electron chi connectivity index (χ1n) is 9.93. The maximum absolute atomic E-state index is 6.51. The van der Waals surface area contributed by atoms with Gasteiger partial charge in [-0.3, -0.25) is 0 Å². The molecule has 1 saturated heterocycles. The lowest BCUT2D eigenvalue weighted by Gasteiger charge is -2.29. The van der Waals surface area contributed by atoms with Crippen LogP contribution >= 0.6 is 23.2 Å². The van der Waals surface area contributed by atoms with Crippen molar-refractivity contribution in [1.82, 2.24) is 24.3 Å². The SMILES string of the molecule is Clc1ccc(C2(Cn3cncn3)OCC(COc3ccccc3-n3ccnc3)O2)c(Cl)c1. The maximum atomic E-state index is 6.51. The molecular weight excluding hydrogens is 453 g/mol. The molecule has 4 aromatic rings. The van der Waals surface area contributed by atoms with Crippen LogP contribution in [0.2, 0.25) is 10.0 Å². The molecule has 5 rings (SSSR count). The molecule has 0 saturated carbocycles. The van der Waals surface area contributed by atoms with Gasteiger partial charge in [-0.2, -0.15) is 5.10 Å². The highest BCUT2D eigenvalue weighted by Gasteiger charge is 2.45. The number of ether oxygens (including phenoxy) is 3. The van der Waals surface area contributed by atoms with Gasteiger partial charge in [-0.25, -0.2) is 14.6 Å². The number of nitrogens with zero attached hydrogens (tertiary/aromatic N) is 5. The van der Waals surface area contributed by atoms with Crippen LogP contribution in [-0.4, -0.2) is 43.6 Å². The van der Waals surface area contributed by atoms with Gasteiger partial charge >= 0.3 is 0 Å². The van der Waals surface area contributed by atoms with Gasteiger partial charge in [0, 0.05) is 23.0 Å². The third-order valence-electron chi connectivity index (χ3n) is 5.11. The van der Waals surface area contributed by atoms with Gasteiger partial charge < -0.3 is 18.8 Å². The molecule has 8 nitrogen and oxygen atoms in total. The minimum absolute atomic E-state index is 0.274. The van der Waals surface area contributed by atoms with Crippen LogP contribution < -0.4 is 4.74 Å². The lowest BCUT2D eigenvalue weighted by molar-refractivity contribution is -0.190. The van der Waals surface area contributed by atoms with Crippen molar-refractivity contribution >= 4 is 23.2 Å². The molecule has 2 unspecified atom stereocenters. The van der Waals surface area contributed by atoms with Crippen molar-refractivity contribution in [2.75, 3.05) is 13.2 Å². The number of halogens is 2. The third-order valence-corrected chi connectivity index (χ3v) is 5.66. The van der Waals surface area contributed by atoms with Crippen LogP contribution in [0, 0.1) is 0 Å². The summed E-state index contributed by atoms with van der Waals surface area (Å²) in [4.78, 5) is 8.12. The Morgan fingerprint density at radius 2 is 2.03 bits per heavy atom. The van der Waals surface area contributed by atoms with Crippen LogP contribution in [0.15, 0.2) is 73.8 Å². The Bertz CT molecular complexity index is 1190. The highest BCUT2D eigenvalue weighted by molar-refractivity contribution is 6.35. The van der Waals surface area contributed by atoms with E-state index in [1.165, 1.54) is 6.33 Å². The summed E-state index contributed by atoms with van der Waals surface area (Å²) in [5, 5.41) is 5.17. The van der Waals surface area contributed by atoms with Crippen molar-refractivity contribution in [1.29, 1.82) is 0 Å². The summed E-state index contributed by atoms with van der Waals surface area (Å²) in [5.74, 6) is -0.430. The van der Waals surface area contributed by atoms with Gasteiger partial charge in [0.05, 0.1) is 23.6 Å². The van der Waals surface area contributed by atoms with E-state index in [2.05, 4.69) is 15.1 Å². The zero-order valence-corrected chi connectivity index (χ0v) is 18.4. The zero-order valence-electron chi connectivity index (χ0n) is 16.8. The minimum atomic E-state index is -1.15. The Balaban J connectivity index is 1.37. The quantitative estimate of drug-likeness (QED) is 0.403. The molecule has 32 heavy (non-hydrogen) atoms. The van der Waals surface area contributed by atoms with Gasteiger partial charge in [-0.15, -0.1) is 0 Å². The molecule has 2 atom stereocenters. The van der Waals surface area contributed by atoms with Crippen LogP contribution in [-0.2, 0) is 21.8 Å². The fraction of sp³-hybridized carbons (Fsp3) is 0.227. The average molecular weight is 472 g/mol. The summed E-state index contributed by atoms with van der Waals surface area (Å²) in [6.07, 6.45) is 8.04. The van der Waals surface area contributed by atoms with E-state index in [0.717, 1.165) is 5.69 Å². The van der Waals surface area contributed by atoms with Crippen molar-refractivity contribution in [3.8, 4) is 11.4 Å². The molecule has 0 aliphatic carbocycles. The molecule has 1 fully saturated rings. The number of hydrogen-bond donors (Lipinski definition) is 0. The van der Waals surface area contributed by atoms with Gasteiger partial charge in [0.15, 0.2) is 0 Å². The maximum Gasteiger partial charge on any atom is 0.217 e. The fourth-order valence-electron chi connectivity index (χ4n) is 3.66. The first kappa shape index (κ1) is 21.0. The number of rotatable bonds is 7. The van der Waals surface area contributed by atoms with Crippen LogP contribution in [0.25, 0.3) is 5.69 Å². The Morgan fingerprint density at radius 3 is 2.81 bits per heavy atom. The number of aromatic nitrogens is 5. The molecule has 10 heteroatoms. The molecule has 3 heterocycles. The van der Waals surface area contributed by atoms with Crippen molar-refractivity contribution < 1.29 is 14.2 Å². The Hall–Kier alpha value is -2.91. The van der Waals surface area contributed by atoms with Crippen LogP contribution in [0.3, 0.4) is 0 Å². The largest absolute Gasteiger partial charge is 0.489 e. The van der Waals surface area contributed by atoms with Crippen LogP contribution in [0.5, 0.6) is 5.75 Å². The summed E-state index contributed by atoms with van der Waals surface area (Å²) < 4.78 is 22.2. The second-order valence-electron chi connectivity index (χ2n) is 7.27. The predicted octanol–water partition coefficient (Wildman–Crippen LogP) is 4.12. The Morgan fingerprint density at radius 1 is 1.12 bits per heavy atom. The monoisotopic (exact) mass is 471 g/mol. The molecule has 0 spiro atoms. The summed E-state index contributed by atoms with van der Waals surface area (Å²) >= 11 is 12.6. The summed E-state index contributed by atoms with van der Waals surface area (Å²) in [7, 11) is 0. The predicted molar refractivity (Wildman–Crippen MR) is 118 cm³/mol. The molecular formula is C22H19Cl2N5O3. The molecule has 0 amide bonds. The third kappa shape index (κ3) is 4.22. The van der Waals surface area contributed by atoms with Crippen molar-refractivity contribution in [3.63, 3.8) is 0 Å². The van der Waals surface area contributed by atoms with Crippen molar-refractivity contribution in [2.45, 2.75) is 18.4 Å². The first-order chi connectivity index (χ1) is 15.6. The second-order valence-corrected chi connectivity index (χ2v) is 8.11. The van der Waals surface area contributed by atoms with E-state index in [1.54, 1.807) is 41.7 Å². The Kier molecular flexibility index (Phi) is 5.84. The standard InChI is InChI=1S/C22H19Cl2N5O3/c23-16-5-6-18(19(24)9-16)22(12-29-15-26-13-27-29)31-11-17(32-22)10-30-21-4-2-1-3-20(21)28-8-7-25-14-28/h1-9,13-15,17H,10-12H2. The molecule has 0 radical (unpaired) electrons. The molecule has 0 N–H and O–H groups in total. The van der Waals surface area contributed by atoms with E-state index in [9.17, 15) is 0 Å². The average Bonchev–Trinajstić information content (AvgIpc) is 3.56. The highest BCUT2D eigenvalue weighted by atomic mass is 35.5. The van der Waals surface area contributed by atoms with Crippen LogP contribution in [0.4, 0.5) is 0 Å². The zero-order chi connectivity index (χ0) is 22.0. The molecule has 1 aliphatic heterocycles. The van der Waals surface area contributed by atoms with Gasteiger partial charge in [0.2, 0.25) is 5.79 Å². The molecule has 2 aromatic carbocycles. The number of hydrogen-bond acceptors (Lipinski definition) is 6. The van der Waals surface area contributed by atoms with Gasteiger partial charge in [0.1, 0.15) is 37.7 Å². The topological polar surface area (TPSA) is 76.2 Å². The summed E-state index contributed by atoms with van der Waals surface area (Å²) in [5.41, 5.74) is 1.55.